The number of hydrogen-bond donors (Lipinski definition) is 4. The first-order chi connectivity index (χ1) is 15.8. The first-order valence-corrected chi connectivity index (χ1v) is 12.5. The van der Waals surface area contributed by atoms with Crippen molar-refractivity contribution in [3.63, 3.8) is 0 Å². The van der Waals surface area contributed by atoms with Crippen molar-refractivity contribution in [2.24, 2.45) is 5.73 Å². The third kappa shape index (κ3) is 20.8. The van der Waals surface area contributed by atoms with Crippen LogP contribution >= 0.6 is 0 Å². The number of nitrogens with one attached hydrogen (secondary N) is 3. The van der Waals surface area contributed by atoms with Crippen molar-refractivity contribution in [3.8, 4) is 0 Å². The Balaban J connectivity index is 4.66. The van der Waals surface area contributed by atoms with Crippen molar-refractivity contribution in [3.05, 3.63) is 0 Å². The Bertz CT molecular complexity index is 574. The fraction of sp³-hybridized carbons (Fsp3) is 0.880. The van der Waals surface area contributed by atoms with Gasteiger partial charge in [-0.2, -0.15) is 0 Å². The zero-order valence-corrected chi connectivity index (χ0v) is 23.4. The monoisotopic (exact) mass is 502 g/mol. The van der Waals surface area contributed by atoms with E-state index in [1.165, 1.54) is 0 Å². The third-order valence-electron chi connectivity index (χ3n) is 4.56. The molecule has 0 radical (unpaired) electrons. The highest BCUT2D eigenvalue weighted by Gasteiger charge is 2.25. The van der Waals surface area contributed by atoms with Crippen molar-refractivity contribution in [1.82, 2.24) is 16.0 Å². The van der Waals surface area contributed by atoms with Gasteiger partial charge >= 0.3 is 18.3 Å². The lowest BCUT2D eigenvalue weighted by Crippen LogP contribution is -2.43. The van der Waals surface area contributed by atoms with Crippen LogP contribution < -0.4 is 21.7 Å². The van der Waals surface area contributed by atoms with Crippen LogP contribution in [-0.2, 0) is 14.2 Å². The first kappa shape index (κ1) is 32.8. The number of carbonyl (C=O) groups excluding carboxylic acids is 3. The Hall–Kier alpha value is -2.23. The molecular weight excluding hydrogens is 452 g/mol. The lowest BCUT2D eigenvalue weighted by atomic mass is 9.85. The minimum Gasteiger partial charge on any atom is -0.444 e. The SMILES string of the molecule is CC(C)(C)OC(=O)NCCCC(N)(CCCNC(=O)OC(C)(C)C)CCCNC(=O)OC(C)(C)C. The molecule has 0 unspecified atom stereocenters. The Labute approximate surface area is 211 Å². The molecular formula is C25H50N4O6. The molecule has 0 saturated carbocycles. The Morgan fingerprint density at radius 2 is 0.771 bits per heavy atom. The maximum atomic E-state index is 11.9. The second-order valence-corrected chi connectivity index (χ2v) is 12.0. The number of hydrogen-bond acceptors (Lipinski definition) is 7. The molecule has 0 fully saturated rings. The molecule has 3 amide bonds. The summed E-state index contributed by atoms with van der Waals surface area (Å²) in [6.07, 6.45) is 2.66. The second-order valence-electron chi connectivity index (χ2n) is 12.0. The predicted octanol–water partition coefficient (Wildman–Crippen LogP) is 4.60. The summed E-state index contributed by atoms with van der Waals surface area (Å²) in [6, 6.07) is 0. The van der Waals surface area contributed by atoms with Gasteiger partial charge in [-0.05, 0) is 101 Å². The van der Waals surface area contributed by atoms with E-state index < -0.39 is 40.6 Å². The summed E-state index contributed by atoms with van der Waals surface area (Å²) in [5.74, 6) is 0. The highest BCUT2D eigenvalue weighted by Crippen LogP contribution is 2.22. The molecule has 0 aliphatic rings. The van der Waals surface area contributed by atoms with Gasteiger partial charge in [0.05, 0.1) is 0 Å². The van der Waals surface area contributed by atoms with E-state index in [1.54, 1.807) is 0 Å². The molecule has 0 aromatic carbocycles. The average Bonchev–Trinajstić information content (AvgIpc) is 2.62. The van der Waals surface area contributed by atoms with E-state index in [4.69, 9.17) is 19.9 Å². The average molecular weight is 503 g/mol. The molecule has 0 spiro atoms. The molecule has 0 aliphatic heterocycles. The number of rotatable bonds is 12. The summed E-state index contributed by atoms with van der Waals surface area (Å²) in [5.41, 5.74) is 4.55. The quantitative estimate of drug-likeness (QED) is 0.226. The van der Waals surface area contributed by atoms with E-state index >= 15 is 0 Å². The molecule has 0 bridgehead atoms. The Morgan fingerprint density at radius 3 is 0.971 bits per heavy atom. The number of ether oxygens (including phenoxy) is 3. The largest absolute Gasteiger partial charge is 0.444 e. The second kappa shape index (κ2) is 14.4. The van der Waals surface area contributed by atoms with Crippen molar-refractivity contribution >= 4 is 18.3 Å². The zero-order chi connectivity index (χ0) is 27.3. The van der Waals surface area contributed by atoms with E-state index in [9.17, 15) is 14.4 Å². The van der Waals surface area contributed by atoms with E-state index in [1.807, 2.05) is 62.3 Å². The predicted molar refractivity (Wildman–Crippen MR) is 137 cm³/mol. The van der Waals surface area contributed by atoms with Crippen LogP contribution in [0.2, 0.25) is 0 Å². The number of carbonyl (C=O) groups is 3. The lowest BCUT2D eigenvalue weighted by Gasteiger charge is -2.30. The van der Waals surface area contributed by atoms with Gasteiger partial charge in [-0.3, -0.25) is 0 Å². The summed E-state index contributed by atoms with van der Waals surface area (Å²) in [7, 11) is 0. The van der Waals surface area contributed by atoms with Gasteiger partial charge in [-0.15, -0.1) is 0 Å². The van der Waals surface area contributed by atoms with Crippen molar-refractivity contribution in [1.29, 1.82) is 0 Å². The number of nitrogens with two attached hydrogens (primary N) is 1. The molecule has 10 nitrogen and oxygen atoms in total. The van der Waals surface area contributed by atoms with E-state index in [0.29, 0.717) is 58.2 Å². The van der Waals surface area contributed by atoms with Crippen LogP contribution in [0.1, 0.15) is 101 Å². The molecule has 0 rings (SSSR count). The van der Waals surface area contributed by atoms with Crippen LogP contribution in [0.3, 0.4) is 0 Å². The number of alkyl carbamates (subject to hydrolysis) is 3. The third-order valence-corrected chi connectivity index (χ3v) is 4.56. The maximum Gasteiger partial charge on any atom is 0.407 e. The van der Waals surface area contributed by atoms with Gasteiger partial charge in [0.15, 0.2) is 0 Å². The highest BCUT2D eigenvalue weighted by atomic mass is 16.6. The minimum atomic E-state index is -0.552. The maximum absolute atomic E-state index is 11.9. The van der Waals surface area contributed by atoms with E-state index in [-0.39, 0.29) is 0 Å². The normalized spacial score (nSPS) is 12.5. The molecule has 0 saturated heterocycles. The molecule has 10 heteroatoms. The van der Waals surface area contributed by atoms with Crippen molar-refractivity contribution in [2.45, 2.75) is 123 Å². The van der Waals surface area contributed by atoms with E-state index in [2.05, 4.69) is 16.0 Å². The summed E-state index contributed by atoms with van der Waals surface area (Å²) in [6.45, 7) is 17.7. The fourth-order valence-corrected chi connectivity index (χ4v) is 3.21. The van der Waals surface area contributed by atoms with Crippen LogP contribution in [0, 0.1) is 0 Å². The van der Waals surface area contributed by atoms with Gasteiger partial charge in [0.2, 0.25) is 0 Å². The first-order valence-electron chi connectivity index (χ1n) is 12.5. The molecule has 206 valence electrons. The van der Waals surface area contributed by atoms with Gasteiger partial charge in [0.1, 0.15) is 16.8 Å². The highest BCUT2D eigenvalue weighted by molar-refractivity contribution is 5.68. The van der Waals surface area contributed by atoms with Crippen molar-refractivity contribution < 1.29 is 28.6 Å². The Morgan fingerprint density at radius 1 is 0.543 bits per heavy atom. The van der Waals surface area contributed by atoms with Crippen LogP contribution in [0.4, 0.5) is 14.4 Å². The van der Waals surface area contributed by atoms with Crippen LogP contribution in [0.5, 0.6) is 0 Å². The fourth-order valence-electron chi connectivity index (χ4n) is 3.21. The molecule has 0 heterocycles. The van der Waals surface area contributed by atoms with Crippen molar-refractivity contribution in [2.75, 3.05) is 19.6 Å². The van der Waals surface area contributed by atoms with Crippen LogP contribution in [-0.4, -0.2) is 60.3 Å². The topological polar surface area (TPSA) is 141 Å². The standard InChI is InChI=1S/C25H50N4O6/c1-22(2,3)33-19(30)27-16-10-13-25(26,14-11-17-28-20(31)34-23(4,5)6)15-12-18-29-21(32)35-24(7,8)9/h10-18,26H2,1-9H3,(H,27,30)(H,28,31)(H,29,32). The molecule has 0 aliphatic carbocycles. The molecule has 0 atom stereocenters. The van der Waals surface area contributed by atoms with Gasteiger partial charge < -0.3 is 35.9 Å². The smallest absolute Gasteiger partial charge is 0.407 e. The van der Waals surface area contributed by atoms with Crippen LogP contribution in [0.25, 0.3) is 0 Å². The summed E-state index contributed by atoms with van der Waals surface area (Å²) < 4.78 is 15.8. The van der Waals surface area contributed by atoms with Gasteiger partial charge in [0, 0.05) is 25.2 Å². The molecule has 5 N–H and O–H groups in total. The van der Waals surface area contributed by atoms with Crippen LogP contribution in [0.15, 0.2) is 0 Å². The van der Waals surface area contributed by atoms with Gasteiger partial charge in [0.25, 0.3) is 0 Å². The zero-order valence-electron chi connectivity index (χ0n) is 23.4. The summed E-state index contributed by atoms with van der Waals surface area (Å²) in [5, 5.41) is 8.27. The summed E-state index contributed by atoms with van der Waals surface area (Å²) in [4.78, 5) is 35.6. The molecule has 0 aromatic heterocycles. The molecule has 0 aromatic rings. The van der Waals surface area contributed by atoms with Gasteiger partial charge in [-0.1, -0.05) is 0 Å². The summed E-state index contributed by atoms with van der Waals surface area (Å²) >= 11 is 0. The minimum absolute atomic E-state index is 0.445. The van der Waals surface area contributed by atoms with E-state index in [0.717, 1.165) is 0 Å². The number of amides is 3. The Kier molecular flexibility index (Phi) is 13.4. The molecule has 35 heavy (non-hydrogen) atoms. The van der Waals surface area contributed by atoms with Gasteiger partial charge in [-0.25, -0.2) is 14.4 Å². The lowest BCUT2D eigenvalue weighted by molar-refractivity contribution is 0.0516.